The highest BCUT2D eigenvalue weighted by molar-refractivity contribution is 9.10. The van der Waals surface area contributed by atoms with Gasteiger partial charge in [0.1, 0.15) is 12.4 Å². The van der Waals surface area contributed by atoms with Crippen LogP contribution in [0.3, 0.4) is 0 Å². The van der Waals surface area contributed by atoms with Crippen LogP contribution in [0.2, 0.25) is 10.0 Å². The summed E-state index contributed by atoms with van der Waals surface area (Å²) < 4.78 is 6.70. The molecule has 20 heavy (non-hydrogen) atoms. The summed E-state index contributed by atoms with van der Waals surface area (Å²) in [6.45, 7) is 1.20. The molecule has 0 heterocycles. The van der Waals surface area contributed by atoms with Gasteiger partial charge in [0.05, 0.1) is 14.5 Å². The van der Waals surface area contributed by atoms with Crippen molar-refractivity contribution in [2.24, 2.45) is 0 Å². The van der Waals surface area contributed by atoms with Crippen molar-refractivity contribution in [3.63, 3.8) is 0 Å². The van der Waals surface area contributed by atoms with Crippen molar-refractivity contribution in [2.45, 2.75) is 13.2 Å². The highest BCUT2D eigenvalue weighted by Crippen LogP contribution is 2.29. The van der Waals surface area contributed by atoms with E-state index in [1.807, 2.05) is 37.4 Å². The Morgan fingerprint density at radius 2 is 2.00 bits per heavy atom. The minimum absolute atomic E-state index is 0.378. The Balaban J connectivity index is 2.09. The van der Waals surface area contributed by atoms with Crippen LogP contribution in [-0.4, -0.2) is 7.05 Å². The van der Waals surface area contributed by atoms with Gasteiger partial charge >= 0.3 is 0 Å². The average Bonchev–Trinajstić information content (AvgIpc) is 2.42. The number of ether oxygens (including phenoxy) is 1. The number of hydrogen-bond donors (Lipinski definition) is 1. The Kier molecular flexibility index (Phi) is 5.73. The third-order valence-electron chi connectivity index (χ3n) is 2.79. The molecule has 0 spiro atoms. The molecule has 0 aliphatic carbocycles. The second kappa shape index (κ2) is 7.32. The molecule has 106 valence electrons. The van der Waals surface area contributed by atoms with E-state index in [-0.39, 0.29) is 0 Å². The molecule has 0 saturated carbocycles. The lowest BCUT2D eigenvalue weighted by Crippen LogP contribution is -2.05. The third-order valence-corrected chi connectivity index (χ3v) is 4.27. The van der Waals surface area contributed by atoms with E-state index in [0.717, 1.165) is 22.3 Å². The van der Waals surface area contributed by atoms with Crippen molar-refractivity contribution in [2.75, 3.05) is 7.05 Å². The fourth-order valence-corrected chi connectivity index (χ4v) is 2.71. The van der Waals surface area contributed by atoms with E-state index in [0.29, 0.717) is 16.7 Å². The number of benzene rings is 2. The van der Waals surface area contributed by atoms with E-state index in [1.165, 1.54) is 5.56 Å². The molecule has 0 amide bonds. The first-order chi connectivity index (χ1) is 9.61. The molecular formula is C15H14BrCl2NO. The van der Waals surface area contributed by atoms with Crippen LogP contribution >= 0.6 is 39.1 Å². The molecular weight excluding hydrogens is 361 g/mol. The normalized spacial score (nSPS) is 10.6. The average molecular weight is 375 g/mol. The molecule has 0 atom stereocenters. The van der Waals surface area contributed by atoms with Crippen molar-refractivity contribution >= 4 is 39.1 Å². The fourth-order valence-electron chi connectivity index (χ4n) is 1.79. The van der Waals surface area contributed by atoms with Gasteiger partial charge in [0, 0.05) is 12.1 Å². The first-order valence-electron chi connectivity index (χ1n) is 6.10. The van der Waals surface area contributed by atoms with Gasteiger partial charge in [-0.25, -0.2) is 0 Å². The van der Waals surface area contributed by atoms with Gasteiger partial charge in [0.2, 0.25) is 0 Å². The van der Waals surface area contributed by atoms with Crippen molar-refractivity contribution < 1.29 is 4.74 Å². The molecule has 0 aromatic heterocycles. The fraction of sp³-hybridized carbons (Fsp3) is 0.200. The van der Waals surface area contributed by atoms with Gasteiger partial charge in [-0.3, -0.25) is 0 Å². The third kappa shape index (κ3) is 3.89. The van der Waals surface area contributed by atoms with Crippen LogP contribution in [0.5, 0.6) is 5.75 Å². The molecule has 0 unspecified atom stereocenters. The van der Waals surface area contributed by atoms with Gasteiger partial charge in [0.25, 0.3) is 0 Å². The Bertz CT molecular complexity index is 604. The maximum Gasteiger partial charge on any atom is 0.134 e. The van der Waals surface area contributed by atoms with E-state index in [2.05, 4.69) is 21.2 Å². The van der Waals surface area contributed by atoms with Crippen LogP contribution in [0, 0.1) is 0 Å². The first kappa shape index (κ1) is 15.6. The van der Waals surface area contributed by atoms with Crippen LogP contribution in [0.25, 0.3) is 0 Å². The van der Waals surface area contributed by atoms with E-state index >= 15 is 0 Å². The van der Waals surface area contributed by atoms with Crippen LogP contribution in [-0.2, 0) is 13.2 Å². The zero-order chi connectivity index (χ0) is 14.5. The van der Waals surface area contributed by atoms with Gasteiger partial charge in [-0.15, -0.1) is 0 Å². The molecule has 2 aromatic carbocycles. The largest absolute Gasteiger partial charge is 0.488 e. The lowest BCUT2D eigenvalue weighted by atomic mass is 10.2. The summed E-state index contributed by atoms with van der Waals surface area (Å²) in [7, 11) is 1.92. The number of nitrogens with one attached hydrogen (secondary N) is 1. The quantitative estimate of drug-likeness (QED) is 0.790. The predicted molar refractivity (Wildman–Crippen MR) is 87.7 cm³/mol. The summed E-state index contributed by atoms with van der Waals surface area (Å²) in [4.78, 5) is 0. The first-order valence-corrected chi connectivity index (χ1v) is 7.65. The highest BCUT2D eigenvalue weighted by atomic mass is 79.9. The summed E-state index contributed by atoms with van der Waals surface area (Å²) in [6.07, 6.45) is 0. The van der Waals surface area contributed by atoms with Crippen LogP contribution in [0.15, 0.2) is 40.9 Å². The molecule has 0 radical (unpaired) electrons. The number of rotatable bonds is 5. The summed E-state index contributed by atoms with van der Waals surface area (Å²) in [6, 6.07) is 11.5. The van der Waals surface area contributed by atoms with Gasteiger partial charge in [0.15, 0.2) is 0 Å². The molecule has 0 bridgehead atoms. The summed E-state index contributed by atoms with van der Waals surface area (Å²) >= 11 is 15.6. The molecule has 2 rings (SSSR count). The minimum Gasteiger partial charge on any atom is -0.488 e. The standard InChI is InChI=1S/C15H14BrCl2NO/c1-19-8-10-5-6-14(12(16)7-10)20-9-11-3-2-4-13(17)15(11)18/h2-7,19H,8-9H2,1H3. The molecule has 2 nitrogen and oxygen atoms in total. The van der Waals surface area contributed by atoms with Crippen LogP contribution < -0.4 is 10.1 Å². The van der Waals surface area contributed by atoms with E-state index in [1.54, 1.807) is 6.07 Å². The molecule has 0 aliphatic heterocycles. The molecule has 0 saturated heterocycles. The lowest BCUT2D eigenvalue weighted by molar-refractivity contribution is 0.304. The Hall–Kier alpha value is -0.740. The molecule has 1 N–H and O–H groups in total. The summed E-state index contributed by atoms with van der Waals surface area (Å²) in [5, 5.41) is 4.19. The van der Waals surface area contributed by atoms with Crippen molar-refractivity contribution in [1.29, 1.82) is 0 Å². The second-order valence-electron chi connectivity index (χ2n) is 4.30. The summed E-state index contributed by atoms with van der Waals surface area (Å²) in [5.41, 5.74) is 2.05. The molecule has 0 aliphatic rings. The predicted octanol–water partition coefficient (Wildman–Crippen LogP) is 5.05. The number of hydrogen-bond acceptors (Lipinski definition) is 2. The van der Waals surface area contributed by atoms with E-state index < -0.39 is 0 Å². The monoisotopic (exact) mass is 373 g/mol. The van der Waals surface area contributed by atoms with E-state index in [9.17, 15) is 0 Å². The zero-order valence-corrected chi connectivity index (χ0v) is 14.0. The van der Waals surface area contributed by atoms with Crippen molar-refractivity contribution in [3.8, 4) is 5.75 Å². The van der Waals surface area contributed by atoms with Crippen molar-refractivity contribution in [1.82, 2.24) is 5.32 Å². The van der Waals surface area contributed by atoms with Gasteiger partial charge in [-0.2, -0.15) is 0 Å². The Morgan fingerprint density at radius 1 is 1.20 bits per heavy atom. The number of halogens is 3. The van der Waals surface area contributed by atoms with Gasteiger partial charge in [-0.1, -0.05) is 41.4 Å². The lowest BCUT2D eigenvalue weighted by Gasteiger charge is -2.11. The topological polar surface area (TPSA) is 21.3 Å². The second-order valence-corrected chi connectivity index (χ2v) is 5.94. The van der Waals surface area contributed by atoms with Gasteiger partial charge < -0.3 is 10.1 Å². The van der Waals surface area contributed by atoms with Crippen LogP contribution in [0.4, 0.5) is 0 Å². The molecule has 0 fully saturated rings. The maximum absolute atomic E-state index is 6.13. The van der Waals surface area contributed by atoms with E-state index in [4.69, 9.17) is 27.9 Å². The zero-order valence-electron chi connectivity index (χ0n) is 10.9. The highest BCUT2D eigenvalue weighted by Gasteiger charge is 2.07. The SMILES string of the molecule is CNCc1ccc(OCc2cccc(Cl)c2Cl)c(Br)c1. The van der Waals surface area contributed by atoms with Crippen molar-refractivity contribution in [3.05, 3.63) is 62.0 Å². The Morgan fingerprint density at radius 3 is 2.70 bits per heavy atom. The maximum atomic E-state index is 6.13. The molecule has 2 aromatic rings. The minimum atomic E-state index is 0.378. The van der Waals surface area contributed by atoms with Crippen LogP contribution in [0.1, 0.15) is 11.1 Å². The Labute approximate surface area is 137 Å². The molecule has 5 heteroatoms. The van der Waals surface area contributed by atoms with Gasteiger partial charge in [-0.05, 0) is 46.7 Å². The summed E-state index contributed by atoms with van der Waals surface area (Å²) in [5.74, 6) is 0.779. The smallest absolute Gasteiger partial charge is 0.134 e.